The van der Waals surface area contributed by atoms with Crippen molar-refractivity contribution in [2.45, 2.75) is 40.5 Å². The van der Waals surface area contributed by atoms with Gasteiger partial charge in [-0.25, -0.2) is 0 Å². The molecule has 0 aromatic rings. The Morgan fingerprint density at radius 1 is 1.09 bits per heavy atom. The molecule has 1 heteroatoms. The minimum atomic E-state index is 0.231. The van der Waals surface area contributed by atoms with Gasteiger partial charge in [0.1, 0.15) is 0 Å². The van der Waals surface area contributed by atoms with Crippen molar-refractivity contribution in [3.63, 3.8) is 0 Å². The standard InChI is InChI=1S/C10H17N/c1-9(2)5-6-10(3,4)8(9)7-11/h8H,5-6H2,1-4H3. The Kier molecular flexibility index (Phi) is 1.75. The third-order valence-electron chi connectivity index (χ3n) is 3.11. The first-order valence-electron chi connectivity index (χ1n) is 4.30. The minimum Gasteiger partial charge on any atom is -0.198 e. The Labute approximate surface area is 69.4 Å². The SMILES string of the molecule is CC1(C)CCC(C)(C)C1C#N. The van der Waals surface area contributed by atoms with Gasteiger partial charge in [0.25, 0.3) is 0 Å². The zero-order valence-corrected chi connectivity index (χ0v) is 7.94. The van der Waals surface area contributed by atoms with Gasteiger partial charge >= 0.3 is 0 Å². The summed E-state index contributed by atoms with van der Waals surface area (Å²) in [5, 5.41) is 8.99. The molecule has 0 unspecified atom stereocenters. The largest absolute Gasteiger partial charge is 0.198 e. The van der Waals surface area contributed by atoms with Crippen LogP contribution in [0.1, 0.15) is 40.5 Å². The summed E-state index contributed by atoms with van der Waals surface area (Å²) in [5.74, 6) is 0.231. The number of nitriles is 1. The van der Waals surface area contributed by atoms with Crippen molar-refractivity contribution in [1.29, 1.82) is 5.26 Å². The molecule has 11 heavy (non-hydrogen) atoms. The molecule has 1 aliphatic carbocycles. The summed E-state index contributed by atoms with van der Waals surface area (Å²) in [6.45, 7) is 8.82. The van der Waals surface area contributed by atoms with E-state index in [1.165, 1.54) is 12.8 Å². The lowest BCUT2D eigenvalue weighted by molar-refractivity contribution is 0.218. The van der Waals surface area contributed by atoms with E-state index in [0.29, 0.717) is 0 Å². The molecule has 0 bridgehead atoms. The lowest BCUT2D eigenvalue weighted by Gasteiger charge is -2.28. The maximum atomic E-state index is 8.99. The van der Waals surface area contributed by atoms with Crippen LogP contribution in [0.3, 0.4) is 0 Å². The summed E-state index contributed by atoms with van der Waals surface area (Å²) in [6, 6.07) is 2.44. The molecule has 1 aliphatic rings. The molecule has 0 aromatic heterocycles. The number of hydrogen-bond acceptors (Lipinski definition) is 1. The van der Waals surface area contributed by atoms with Gasteiger partial charge in [-0.15, -0.1) is 0 Å². The van der Waals surface area contributed by atoms with E-state index in [1.54, 1.807) is 0 Å². The molecule has 1 rings (SSSR count). The van der Waals surface area contributed by atoms with Gasteiger partial charge in [-0.05, 0) is 23.7 Å². The van der Waals surface area contributed by atoms with Crippen molar-refractivity contribution < 1.29 is 0 Å². The van der Waals surface area contributed by atoms with Crippen LogP contribution in [0.4, 0.5) is 0 Å². The van der Waals surface area contributed by atoms with Crippen molar-refractivity contribution in [1.82, 2.24) is 0 Å². The normalized spacial score (nSPS) is 28.3. The molecule has 1 saturated carbocycles. The third kappa shape index (κ3) is 1.27. The molecular formula is C10H17N. The summed E-state index contributed by atoms with van der Waals surface area (Å²) in [4.78, 5) is 0. The second-order valence-electron chi connectivity index (χ2n) is 5.04. The molecule has 0 spiro atoms. The van der Waals surface area contributed by atoms with Crippen LogP contribution < -0.4 is 0 Å². The summed E-state index contributed by atoms with van der Waals surface area (Å²) in [7, 11) is 0. The third-order valence-corrected chi connectivity index (χ3v) is 3.11. The van der Waals surface area contributed by atoms with Gasteiger partial charge in [-0.2, -0.15) is 5.26 Å². The fraction of sp³-hybridized carbons (Fsp3) is 0.900. The van der Waals surface area contributed by atoms with Crippen LogP contribution in [0.2, 0.25) is 0 Å². The highest BCUT2D eigenvalue weighted by Gasteiger charge is 2.46. The number of hydrogen-bond donors (Lipinski definition) is 0. The maximum absolute atomic E-state index is 8.99. The molecule has 0 aliphatic heterocycles. The first kappa shape index (κ1) is 8.59. The molecule has 0 radical (unpaired) electrons. The van der Waals surface area contributed by atoms with E-state index in [-0.39, 0.29) is 16.7 Å². The Bertz CT molecular complexity index is 179. The molecule has 0 amide bonds. The predicted octanol–water partition coefficient (Wildman–Crippen LogP) is 2.97. The molecule has 0 heterocycles. The van der Waals surface area contributed by atoms with Crippen molar-refractivity contribution in [2.24, 2.45) is 16.7 Å². The van der Waals surface area contributed by atoms with Crippen LogP contribution in [0.15, 0.2) is 0 Å². The topological polar surface area (TPSA) is 23.8 Å². The second-order valence-corrected chi connectivity index (χ2v) is 5.04. The first-order chi connectivity index (χ1) is 4.90. The highest BCUT2D eigenvalue weighted by Crippen LogP contribution is 2.53. The van der Waals surface area contributed by atoms with E-state index < -0.39 is 0 Å². The van der Waals surface area contributed by atoms with Crippen molar-refractivity contribution >= 4 is 0 Å². The van der Waals surface area contributed by atoms with Gasteiger partial charge in [0.15, 0.2) is 0 Å². The van der Waals surface area contributed by atoms with E-state index in [9.17, 15) is 0 Å². The highest BCUT2D eigenvalue weighted by atomic mass is 14.5. The van der Waals surface area contributed by atoms with E-state index in [0.717, 1.165) is 0 Å². The quantitative estimate of drug-likeness (QED) is 0.522. The average Bonchev–Trinajstić information content (AvgIpc) is 2.03. The van der Waals surface area contributed by atoms with Crippen LogP contribution in [0, 0.1) is 28.1 Å². The molecule has 1 fully saturated rings. The monoisotopic (exact) mass is 151 g/mol. The van der Waals surface area contributed by atoms with Gasteiger partial charge in [-0.3, -0.25) is 0 Å². The average molecular weight is 151 g/mol. The maximum Gasteiger partial charge on any atom is 0.0667 e. The smallest absolute Gasteiger partial charge is 0.0667 e. The summed E-state index contributed by atoms with van der Waals surface area (Å²) in [5.41, 5.74) is 0.469. The molecular weight excluding hydrogens is 134 g/mol. The fourth-order valence-corrected chi connectivity index (χ4v) is 2.34. The summed E-state index contributed by atoms with van der Waals surface area (Å²) < 4.78 is 0. The zero-order valence-electron chi connectivity index (χ0n) is 7.94. The molecule has 1 nitrogen and oxygen atoms in total. The molecule has 62 valence electrons. The molecule has 0 atom stereocenters. The molecule has 0 saturated heterocycles. The van der Waals surface area contributed by atoms with Crippen LogP contribution in [-0.4, -0.2) is 0 Å². The summed E-state index contributed by atoms with van der Waals surface area (Å²) in [6.07, 6.45) is 2.39. The van der Waals surface area contributed by atoms with Crippen molar-refractivity contribution in [2.75, 3.05) is 0 Å². The minimum absolute atomic E-state index is 0.231. The van der Waals surface area contributed by atoms with E-state index in [2.05, 4.69) is 33.8 Å². The van der Waals surface area contributed by atoms with Gasteiger partial charge in [0, 0.05) is 0 Å². The lowest BCUT2D eigenvalue weighted by atomic mass is 9.73. The second kappa shape index (κ2) is 2.24. The Morgan fingerprint density at radius 2 is 1.45 bits per heavy atom. The Morgan fingerprint density at radius 3 is 1.64 bits per heavy atom. The van der Waals surface area contributed by atoms with Crippen molar-refractivity contribution in [3.8, 4) is 6.07 Å². The van der Waals surface area contributed by atoms with E-state index in [4.69, 9.17) is 5.26 Å². The van der Waals surface area contributed by atoms with Crippen LogP contribution in [0.5, 0.6) is 0 Å². The lowest BCUT2D eigenvalue weighted by Crippen LogP contribution is -2.25. The van der Waals surface area contributed by atoms with Crippen molar-refractivity contribution in [3.05, 3.63) is 0 Å². The first-order valence-corrected chi connectivity index (χ1v) is 4.30. The number of rotatable bonds is 0. The van der Waals surface area contributed by atoms with Crippen LogP contribution in [-0.2, 0) is 0 Å². The van der Waals surface area contributed by atoms with Gasteiger partial charge in [0.05, 0.1) is 12.0 Å². The summed E-state index contributed by atoms with van der Waals surface area (Å²) >= 11 is 0. The predicted molar refractivity (Wildman–Crippen MR) is 45.9 cm³/mol. The van der Waals surface area contributed by atoms with Gasteiger partial charge < -0.3 is 0 Å². The van der Waals surface area contributed by atoms with Crippen LogP contribution in [0.25, 0.3) is 0 Å². The zero-order chi connectivity index (χ0) is 8.70. The van der Waals surface area contributed by atoms with Gasteiger partial charge in [-0.1, -0.05) is 27.7 Å². The highest BCUT2D eigenvalue weighted by molar-refractivity contribution is 5.06. The van der Waals surface area contributed by atoms with E-state index >= 15 is 0 Å². The molecule has 0 N–H and O–H groups in total. The number of nitrogens with zero attached hydrogens (tertiary/aromatic N) is 1. The Hall–Kier alpha value is -0.510. The fourth-order valence-electron chi connectivity index (χ4n) is 2.34. The molecule has 0 aromatic carbocycles. The Balaban J connectivity index is 2.91. The van der Waals surface area contributed by atoms with Gasteiger partial charge in [0.2, 0.25) is 0 Å². The van der Waals surface area contributed by atoms with Crippen LogP contribution >= 0.6 is 0 Å². The van der Waals surface area contributed by atoms with E-state index in [1.807, 2.05) is 0 Å².